The van der Waals surface area contributed by atoms with Gasteiger partial charge in [-0.05, 0) is 35.1 Å². The minimum atomic E-state index is -0.466. The van der Waals surface area contributed by atoms with Crippen molar-refractivity contribution in [2.75, 3.05) is 27.0 Å². The van der Waals surface area contributed by atoms with Crippen LogP contribution in [0.3, 0.4) is 0 Å². The van der Waals surface area contributed by atoms with Crippen molar-refractivity contribution in [1.29, 1.82) is 0 Å². The second-order valence-electron chi connectivity index (χ2n) is 8.65. The van der Waals surface area contributed by atoms with E-state index in [9.17, 15) is 10.2 Å². The van der Waals surface area contributed by atoms with Crippen molar-refractivity contribution in [3.8, 4) is 11.5 Å². The van der Waals surface area contributed by atoms with E-state index in [-0.39, 0.29) is 24.4 Å². The van der Waals surface area contributed by atoms with Crippen LogP contribution in [0.15, 0.2) is 48.1 Å². The van der Waals surface area contributed by atoms with Crippen molar-refractivity contribution in [3.05, 3.63) is 59.2 Å². The topological polar surface area (TPSA) is 62.2 Å². The number of aliphatic hydroxyl groups excluding tert-OH is 2. The first-order valence-corrected chi connectivity index (χ1v) is 10.8. The fraction of sp³-hybridized carbons (Fsp3) is 0.520. The average molecular weight is 414 g/mol. The molecule has 2 N–H and O–H groups in total. The molecule has 0 spiro atoms. The number of rotatable bonds is 8. The molecule has 3 rings (SSSR count). The molecular formula is C25H35NO4. The molecule has 0 fully saturated rings. The molecule has 0 radical (unpaired) electrons. The smallest absolute Gasteiger partial charge is 0.167 e. The molecule has 1 aliphatic carbocycles. The van der Waals surface area contributed by atoms with E-state index >= 15 is 0 Å². The van der Waals surface area contributed by atoms with E-state index in [1.54, 1.807) is 7.11 Å². The Morgan fingerprint density at radius 3 is 2.70 bits per heavy atom. The van der Waals surface area contributed by atoms with E-state index in [0.29, 0.717) is 6.73 Å². The van der Waals surface area contributed by atoms with Crippen LogP contribution in [0.1, 0.15) is 44.2 Å². The zero-order valence-corrected chi connectivity index (χ0v) is 18.6. The van der Waals surface area contributed by atoms with Crippen LogP contribution >= 0.6 is 0 Å². The Kier molecular flexibility index (Phi) is 7.40. The SMILES string of the molecule is C=C1C=CC(C(O)C(C)C)=CC1CN1COc2c(cc(C(CC)CO)cc2OC)C1. The number of benzene rings is 1. The van der Waals surface area contributed by atoms with Gasteiger partial charge in [0.15, 0.2) is 11.5 Å². The Bertz CT molecular complexity index is 823. The molecule has 5 nitrogen and oxygen atoms in total. The molecule has 1 heterocycles. The maximum atomic E-state index is 10.5. The number of aliphatic hydroxyl groups is 2. The Morgan fingerprint density at radius 1 is 1.30 bits per heavy atom. The lowest BCUT2D eigenvalue weighted by Gasteiger charge is -2.34. The van der Waals surface area contributed by atoms with Crippen LogP contribution in [0.4, 0.5) is 0 Å². The first kappa shape index (κ1) is 22.6. The summed E-state index contributed by atoms with van der Waals surface area (Å²) in [6.07, 6.45) is 6.52. The third-order valence-electron chi connectivity index (χ3n) is 6.13. The number of allylic oxidation sites excluding steroid dienone is 1. The summed E-state index contributed by atoms with van der Waals surface area (Å²) < 4.78 is 11.6. The Balaban J connectivity index is 1.79. The molecule has 0 aromatic heterocycles. The summed E-state index contributed by atoms with van der Waals surface area (Å²) in [6, 6.07) is 4.11. The Labute approximate surface area is 180 Å². The molecule has 1 aliphatic heterocycles. The normalized spacial score (nSPS) is 21.1. The molecule has 0 saturated heterocycles. The summed E-state index contributed by atoms with van der Waals surface area (Å²) in [7, 11) is 1.65. The Hall–Kier alpha value is -2.08. The third kappa shape index (κ3) is 4.80. The van der Waals surface area contributed by atoms with Crippen molar-refractivity contribution in [2.24, 2.45) is 11.8 Å². The van der Waals surface area contributed by atoms with Crippen molar-refractivity contribution in [3.63, 3.8) is 0 Å². The van der Waals surface area contributed by atoms with Gasteiger partial charge in [0.2, 0.25) is 0 Å². The summed E-state index contributed by atoms with van der Waals surface area (Å²) in [4.78, 5) is 2.25. The van der Waals surface area contributed by atoms with Gasteiger partial charge >= 0.3 is 0 Å². The van der Waals surface area contributed by atoms with Gasteiger partial charge in [0, 0.05) is 37.1 Å². The summed E-state index contributed by atoms with van der Waals surface area (Å²) in [5.41, 5.74) is 4.15. The number of hydrogen-bond acceptors (Lipinski definition) is 5. The maximum absolute atomic E-state index is 10.5. The third-order valence-corrected chi connectivity index (χ3v) is 6.13. The molecule has 3 atom stereocenters. The predicted octanol–water partition coefficient (Wildman–Crippen LogP) is 4.02. The monoisotopic (exact) mass is 413 g/mol. The number of nitrogens with zero attached hydrogens (tertiary/aromatic N) is 1. The highest BCUT2D eigenvalue weighted by atomic mass is 16.5. The molecule has 2 aliphatic rings. The van der Waals surface area contributed by atoms with E-state index in [1.165, 1.54) is 0 Å². The van der Waals surface area contributed by atoms with Crippen molar-refractivity contribution in [1.82, 2.24) is 4.90 Å². The summed E-state index contributed by atoms with van der Waals surface area (Å²) in [5, 5.41) is 20.2. The van der Waals surface area contributed by atoms with E-state index in [4.69, 9.17) is 9.47 Å². The van der Waals surface area contributed by atoms with E-state index in [0.717, 1.165) is 53.3 Å². The minimum absolute atomic E-state index is 0.0887. The fourth-order valence-corrected chi connectivity index (χ4v) is 4.13. The molecule has 164 valence electrons. The Morgan fingerprint density at radius 2 is 2.07 bits per heavy atom. The summed E-state index contributed by atoms with van der Waals surface area (Å²) in [6.45, 7) is 12.4. The number of fused-ring (bicyclic) bond motifs is 1. The summed E-state index contributed by atoms with van der Waals surface area (Å²) >= 11 is 0. The largest absolute Gasteiger partial charge is 0.493 e. The second-order valence-corrected chi connectivity index (χ2v) is 8.65. The van der Waals surface area contributed by atoms with E-state index in [1.807, 2.05) is 32.1 Å². The van der Waals surface area contributed by atoms with Crippen LogP contribution in [0.5, 0.6) is 11.5 Å². The van der Waals surface area contributed by atoms with Crippen molar-refractivity contribution in [2.45, 2.75) is 45.8 Å². The van der Waals surface area contributed by atoms with Gasteiger partial charge in [0.1, 0.15) is 6.73 Å². The average Bonchev–Trinajstić information content (AvgIpc) is 2.74. The highest BCUT2D eigenvalue weighted by molar-refractivity contribution is 5.51. The van der Waals surface area contributed by atoms with Gasteiger partial charge in [-0.15, -0.1) is 0 Å². The van der Waals surface area contributed by atoms with Crippen LogP contribution < -0.4 is 9.47 Å². The van der Waals surface area contributed by atoms with Gasteiger partial charge in [-0.25, -0.2) is 0 Å². The molecular weight excluding hydrogens is 378 g/mol. The zero-order chi connectivity index (χ0) is 21.8. The molecule has 5 heteroatoms. The maximum Gasteiger partial charge on any atom is 0.167 e. The van der Waals surface area contributed by atoms with Crippen LogP contribution in [0.2, 0.25) is 0 Å². The first-order valence-electron chi connectivity index (χ1n) is 10.8. The molecule has 0 amide bonds. The standard InChI is InChI=1S/C25H35NO4/c1-6-18(14-27)20-10-22-13-26(15-30-25(22)23(11-20)29-5)12-21-9-19(8-7-17(21)4)24(28)16(2)3/h7-11,16,18,21,24,27-28H,4,6,12-15H2,1-3,5H3. The molecule has 1 aromatic carbocycles. The van der Waals surface area contributed by atoms with Crippen LogP contribution in [-0.2, 0) is 6.54 Å². The number of hydrogen-bond donors (Lipinski definition) is 2. The second kappa shape index (κ2) is 9.82. The van der Waals surface area contributed by atoms with E-state index in [2.05, 4.69) is 30.5 Å². The van der Waals surface area contributed by atoms with E-state index < -0.39 is 6.10 Å². The molecule has 30 heavy (non-hydrogen) atoms. The number of ether oxygens (including phenoxy) is 2. The lowest BCUT2D eigenvalue weighted by atomic mass is 9.87. The molecule has 0 bridgehead atoms. The van der Waals surface area contributed by atoms with Crippen LogP contribution in [0.25, 0.3) is 0 Å². The lowest BCUT2D eigenvalue weighted by Crippen LogP contribution is -2.36. The molecule has 1 aromatic rings. The minimum Gasteiger partial charge on any atom is -0.493 e. The van der Waals surface area contributed by atoms with Gasteiger partial charge in [-0.1, -0.05) is 51.6 Å². The quantitative estimate of drug-likeness (QED) is 0.674. The van der Waals surface area contributed by atoms with Gasteiger partial charge in [-0.2, -0.15) is 0 Å². The van der Waals surface area contributed by atoms with Gasteiger partial charge in [0.05, 0.1) is 13.2 Å². The predicted molar refractivity (Wildman–Crippen MR) is 120 cm³/mol. The van der Waals surface area contributed by atoms with Gasteiger partial charge in [-0.3, -0.25) is 4.90 Å². The van der Waals surface area contributed by atoms with Crippen LogP contribution in [0, 0.1) is 11.8 Å². The number of methoxy groups -OCH3 is 1. The summed E-state index contributed by atoms with van der Waals surface area (Å²) in [5.74, 6) is 1.91. The van der Waals surface area contributed by atoms with Crippen molar-refractivity contribution < 1.29 is 19.7 Å². The lowest BCUT2D eigenvalue weighted by molar-refractivity contribution is 0.0857. The fourth-order valence-electron chi connectivity index (χ4n) is 4.13. The molecule has 0 saturated carbocycles. The first-order chi connectivity index (χ1) is 14.4. The molecule has 3 unspecified atom stereocenters. The highest BCUT2D eigenvalue weighted by Crippen LogP contribution is 2.39. The van der Waals surface area contributed by atoms with Gasteiger partial charge in [0.25, 0.3) is 0 Å². The van der Waals surface area contributed by atoms with Crippen LogP contribution in [-0.4, -0.2) is 48.2 Å². The van der Waals surface area contributed by atoms with Gasteiger partial charge < -0.3 is 19.7 Å². The highest BCUT2D eigenvalue weighted by Gasteiger charge is 2.27. The zero-order valence-electron chi connectivity index (χ0n) is 18.6. The van der Waals surface area contributed by atoms with Crippen molar-refractivity contribution >= 4 is 0 Å².